The number of pyridine rings is 1. The number of hydrogen-bond acceptors (Lipinski definition) is 6. The number of ether oxygens (including phenoxy) is 1. The van der Waals surface area contributed by atoms with Gasteiger partial charge in [-0.2, -0.15) is 4.98 Å². The largest absolute Gasteiger partial charge is 0.379 e. The van der Waals surface area contributed by atoms with Crippen LogP contribution in [0.15, 0.2) is 23.0 Å². The van der Waals surface area contributed by atoms with Gasteiger partial charge in [0.15, 0.2) is 0 Å². The van der Waals surface area contributed by atoms with E-state index < -0.39 is 0 Å². The molecule has 21 heavy (non-hydrogen) atoms. The van der Waals surface area contributed by atoms with Gasteiger partial charge in [-0.25, -0.2) is 0 Å². The fourth-order valence-corrected chi connectivity index (χ4v) is 2.52. The molecule has 2 atom stereocenters. The third-order valence-corrected chi connectivity index (χ3v) is 3.78. The highest BCUT2D eigenvalue weighted by atomic mass is 16.5. The lowest BCUT2D eigenvalue weighted by atomic mass is 10.0. The van der Waals surface area contributed by atoms with Crippen molar-refractivity contribution >= 4 is 0 Å². The second kappa shape index (κ2) is 6.32. The van der Waals surface area contributed by atoms with E-state index in [2.05, 4.69) is 27.4 Å². The van der Waals surface area contributed by atoms with Crippen LogP contribution in [0.1, 0.15) is 30.7 Å². The van der Waals surface area contributed by atoms with E-state index in [0.717, 1.165) is 24.1 Å². The number of rotatable bonds is 5. The van der Waals surface area contributed by atoms with Gasteiger partial charge >= 0.3 is 0 Å². The molecule has 0 bridgehead atoms. The van der Waals surface area contributed by atoms with Gasteiger partial charge in [-0.1, -0.05) is 12.1 Å². The summed E-state index contributed by atoms with van der Waals surface area (Å²) in [5.41, 5.74) is 1.99. The standard InChI is InChI=1S/C15H20N4O2/c1-3-5-17-13-9-20-8-12(13)15-18-14(19-21-15)11-7-16-6-4-10(11)2/h4,6-7,12-13,17H,3,5,8-9H2,1-2H3. The number of nitrogens with zero attached hydrogens (tertiary/aromatic N) is 3. The molecule has 1 aliphatic rings. The normalized spacial score (nSPS) is 21.8. The SMILES string of the molecule is CCCNC1COCC1c1nc(-c2cnccc2C)no1. The maximum absolute atomic E-state index is 5.56. The van der Waals surface area contributed by atoms with Crippen molar-refractivity contribution in [3.05, 3.63) is 29.9 Å². The summed E-state index contributed by atoms with van der Waals surface area (Å²) in [6.45, 7) is 6.43. The molecule has 3 rings (SSSR count). The lowest BCUT2D eigenvalue weighted by molar-refractivity contribution is 0.184. The van der Waals surface area contributed by atoms with Gasteiger partial charge in [-0.05, 0) is 31.5 Å². The first-order valence-electron chi connectivity index (χ1n) is 7.35. The minimum absolute atomic E-state index is 0.120. The van der Waals surface area contributed by atoms with E-state index in [0.29, 0.717) is 24.9 Å². The number of aryl methyl sites for hydroxylation is 1. The molecule has 6 heteroatoms. The Morgan fingerprint density at radius 1 is 1.38 bits per heavy atom. The van der Waals surface area contributed by atoms with Crippen LogP contribution >= 0.6 is 0 Å². The number of hydrogen-bond donors (Lipinski definition) is 1. The highest BCUT2D eigenvalue weighted by molar-refractivity contribution is 5.57. The number of aromatic nitrogens is 3. The molecule has 1 aliphatic heterocycles. The summed E-state index contributed by atoms with van der Waals surface area (Å²) in [7, 11) is 0. The predicted molar refractivity (Wildman–Crippen MR) is 77.9 cm³/mol. The Labute approximate surface area is 123 Å². The fourth-order valence-electron chi connectivity index (χ4n) is 2.52. The molecular formula is C15H20N4O2. The molecule has 0 saturated carbocycles. The topological polar surface area (TPSA) is 73.1 Å². The van der Waals surface area contributed by atoms with Crippen LogP contribution in [-0.4, -0.2) is 40.9 Å². The maximum Gasteiger partial charge on any atom is 0.234 e. The average molecular weight is 288 g/mol. The maximum atomic E-state index is 5.56. The van der Waals surface area contributed by atoms with Gasteiger partial charge in [-0.15, -0.1) is 0 Å². The molecule has 0 amide bonds. The van der Waals surface area contributed by atoms with Crippen molar-refractivity contribution in [3.8, 4) is 11.4 Å². The quantitative estimate of drug-likeness (QED) is 0.906. The van der Waals surface area contributed by atoms with E-state index in [-0.39, 0.29) is 12.0 Å². The number of nitrogens with one attached hydrogen (secondary N) is 1. The highest BCUT2D eigenvalue weighted by Gasteiger charge is 2.33. The Bertz CT molecular complexity index is 599. The van der Waals surface area contributed by atoms with Gasteiger partial charge in [0.2, 0.25) is 11.7 Å². The first-order valence-corrected chi connectivity index (χ1v) is 7.35. The van der Waals surface area contributed by atoms with Crippen molar-refractivity contribution in [3.63, 3.8) is 0 Å². The second-order valence-corrected chi connectivity index (χ2v) is 5.35. The summed E-state index contributed by atoms with van der Waals surface area (Å²) in [4.78, 5) is 8.67. The third-order valence-electron chi connectivity index (χ3n) is 3.78. The molecule has 0 spiro atoms. The smallest absolute Gasteiger partial charge is 0.234 e. The summed E-state index contributed by atoms with van der Waals surface area (Å²) in [6, 6.07) is 2.18. The summed E-state index contributed by atoms with van der Waals surface area (Å²) >= 11 is 0. The van der Waals surface area contributed by atoms with E-state index in [9.17, 15) is 0 Å². The molecule has 0 aromatic carbocycles. The lowest BCUT2D eigenvalue weighted by Crippen LogP contribution is -2.34. The molecule has 2 unspecified atom stereocenters. The van der Waals surface area contributed by atoms with Gasteiger partial charge in [0.05, 0.1) is 19.1 Å². The first-order chi connectivity index (χ1) is 10.3. The van der Waals surface area contributed by atoms with Crippen LogP contribution in [0.4, 0.5) is 0 Å². The Kier molecular flexibility index (Phi) is 4.26. The van der Waals surface area contributed by atoms with Gasteiger partial charge in [0.1, 0.15) is 0 Å². The van der Waals surface area contributed by atoms with Crippen molar-refractivity contribution in [2.24, 2.45) is 0 Å². The summed E-state index contributed by atoms with van der Waals surface area (Å²) in [6.07, 6.45) is 4.62. The van der Waals surface area contributed by atoms with E-state index in [1.165, 1.54) is 0 Å². The van der Waals surface area contributed by atoms with Crippen LogP contribution in [-0.2, 0) is 4.74 Å². The molecule has 1 saturated heterocycles. The average Bonchev–Trinajstić information content (AvgIpc) is 3.14. The first kappa shape index (κ1) is 14.2. The van der Waals surface area contributed by atoms with Crippen molar-refractivity contribution in [2.75, 3.05) is 19.8 Å². The minimum atomic E-state index is 0.120. The molecule has 1 fully saturated rings. The molecule has 0 aliphatic carbocycles. The molecule has 112 valence electrons. The van der Waals surface area contributed by atoms with Crippen molar-refractivity contribution in [1.29, 1.82) is 0 Å². The molecule has 2 aromatic rings. The molecule has 6 nitrogen and oxygen atoms in total. The fraction of sp³-hybridized carbons (Fsp3) is 0.533. The molecule has 2 aromatic heterocycles. The zero-order valence-corrected chi connectivity index (χ0v) is 12.4. The van der Waals surface area contributed by atoms with Gasteiger partial charge < -0.3 is 14.6 Å². The van der Waals surface area contributed by atoms with Crippen LogP contribution in [0.25, 0.3) is 11.4 Å². The van der Waals surface area contributed by atoms with Crippen LogP contribution in [0, 0.1) is 6.92 Å². The molecule has 3 heterocycles. The summed E-state index contributed by atoms with van der Waals surface area (Å²) in [5.74, 6) is 1.35. The predicted octanol–water partition coefficient (Wildman–Crippen LogP) is 1.92. The molecule has 1 N–H and O–H groups in total. The Balaban J connectivity index is 1.80. The van der Waals surface area contributed by atoms with Crippen LogP contribution in [0.3, 0.4) is 0 Å². The van der Waals surface area contributed by atoms with Gasteiger partial charge in [0, 0.05) is 24.0 Å². The van der Waals surface area contributed by atoms with E-state index in [1.54, 1.807) is 12.4 Å². The van der Waals surface area contributed by atoms with Crippen LogP contribution in [0.5, 0.6) is 0 Å². The molecular weight excluding hydrogens is 268 g/mol. The van der Waals surface area contributed by atoms with E-state index in [4.69, 9.17) is 9.26 Å². The van der Waals surface area contributed by atoms with Crippen molar-refractivity contribution < 1.29 is 9.26 Å². The summed E-state index contributed by atoms with van der Waals surface area (Å²) < 4.78 is 11.0. The van der Waals surface area contributed by atoms with Crippen molar-refractivity contribution in [2.45, 2.75) is 32.2 Å². The highest BCUT2D eigenvalue weighted by Crippen LogP contribution is 2.27. The lowest BCUT2D eigenvalue weighted by Gasteiger charge is -2.14. The zero-order valence-electron chi connectivity index (χ0n) is 12.4. The van der Waals surface area contributed by atoms with Crippen LogP contribution in [0.2, 0.25) is 0 Å². The van der Waals surface area contributed by atoms with Crippen molar-refractivity contribution in [1.82, 2.24) is 20.4 Å². The van der Waals surface area contributed by atoms with E-state index >= 15 is 0 Å². The summed E-state index contributed by atoms with van der Waals surface area (Å²) in [5, 5.41) is 7.57. The third kappa shape index (κ3) is 2.96. The second-order valence-electron chi connectivity index (χ2n) is 5.35. The zero-order chi connectivity index (χ0) is 14.7. The van der Waals surface area contributed by atoms with E-state index in [1.807, 2.05) is 13.0 Å². The minimum Gasteiger partial charge on any atom is -0.379 e. The Morgan fingerprint density at radius 3 is 3.10 bits per heavy atom. The molecule has 0 radical (unpaired) electrons. The Morgan fingerprint density at radius 2 is 2.29 bits per heavy atom. The van der Waals surface area contributed by atoms with Gasteiger partial charge in [0.25, 0.3) is 0 Å². The monoisotopic (exact) mass is 288 g/mol. The van der Waals surface area contributed by atoms with Gasteiger partial charge in [-0.3, -0.25) is 4.98 Å². The van der Waals surface area contributed by atoms with Crippen LogP contribution < -0.4 is 5.32 Å². The Hall–Kier alpha value is -1.79.